The minimum absolute atomic E-state index is 0. The second kappa shape index (κ2) is 12.5. The van der Waals surface area contributed by atoms with Gasteiger partial charge in [0.25, 0.3) is 0 Å². The van der Waals surface area contributed by atoms with Gasteiger partial charge in [-0.2, -0.15) is 0 Å². The summed E-state index contributed by atoms with van der Waals surface area (Å²) in [6.07, 6.45) is -3.74. The third kappa shape index (κ3) is 9.84. The van der Waals surface area contributed by atoms with Crippen molar-refractivity contribution in [3.05, 3.63) is 65.2 Å². The van der Waals surface area contributed by atoms with Crippen molar-refractivity contribution in [2.24, 2.45) is 10.7 Å². The topological polar surface area (TPSA) is 68.9 Å². The van der Waals surface area contributed by atoms with Gasteiger partial charge in [-0.15, -0.1) is 37.1 Å². The standard InChI is InChI=1S/C20H24F3N3O2.HI/c1-2-11-27-14-17-6-4-3-5-16(17)13-26-19(24)25-12-15-7-9-18(10-8-15)28-20(21,22)23;/h3-10H,2,11-14H2,1H3,(H3,24,25,26);1H. The van der Waals surface area contributed by atoms with Crippen LogP contribution in [0.3, 0.4) is 0 Å². The van der Waals surface area contributed by atoms with Gasteiger partial charge < -0.3 is 20.5 Å². The van der Waals surface area contributed by atoms with Crippen molar-refractivity contribution in [1.82, 2.24) is 5.32 Å². The largest absolute Gasteiger partial charge is 0.573 e. The molecule has 0 aliphatic heterocycles. The van der Waals surface area contributed by atoms with Crippen LogP contribution >= 0.6 is 24.0 Å². The van der Waals surface area contributed by atoms with Crippen molar-refractivity contribution >= 4 is 29.9 Å². The van der Waals surface area contributed by atoms with E-state index in [1.54, 1.807) is 0 Å². The van der Waals surface area contributed by atoms with Crippen molar-refractivity contribution in [3.63, 3.8) is 0 Å². The molecule has 0 aromatic heterocycles. The van der Waals surface area contributed by atoms with E-state index in [2.05, 4.69) is 22.0 Å². The van der Waals surface area contributed by atoms with E-state index >= 15 is 0 Å². The summed E-state index contributed by atoms with van der Waals surface area (Å²) in [5.41, 5.74) is 8.74. The van der Waals surface area contributed by atoms with Crippen molar-refractivity contribution in [3.8, 4) is 5.75 Å². The first kappa shape index (κ1) is 25.0. The Hall–Kier alpha value is -2.01. The highest BCUT2D eigenvalue weighted by atomic mass is 127. The molecule has 0 fully saturated rings. The molecular weight excluding hydrogens is 498 g/mol. The second-order valence-electron chi connectivity index (χ2n) is 6.07. The zero-order chi connectivity index (χ0) is 20.4. The lowest BCUT2D eigenvalue weighted by Gasteiger charge is -2.11. The first-order valence-corrected chi connectivity index (χ1v) is 8.90. The van der Waals surface area contributed by atoms with Crippen LogP contribution in [0, 0.1) is 0 Å². The molecule has 0 spiro atoms. The number of aliphatic imine (C=N–C) groups is 1. The Morgan fingerprint density at radius 2 is 1.72 bits per heavy atom. The molecule has 0 saturated heterocycles. The molecular formula is C20H25F3IN3O2. The molecule has 0 heterocycles. The van der Waals surface area contributed by atoms with E-state index in [4.69, 9.17) is 10.5 Å². The fraction of sp³-hybridized carbons (Fsp3) is 0.350. The molecule has 2 aromatic rings. The number of alkyl halides is 3. The normalized spacial score (nSPS) is 11.7. The zero-order valence-electron chi connectivity index (χ0n) is 16.0. The number of halogens is 4. The molecule has 0 radical (unpaired) electrons. The van der Waals surface area contributed by atoms with E-state index in [0.29, 0.717) is 25.3 Å². The molecule has 5 nitrogen and oxygen atoms in total. The maximum Gasteiger partial charge on any atom is 0.573 e. The number of rotatable bonds is 9. The molecule has 0 unspecified atom stereocenters. The van der Waals surface area contributed by atoms with Crippen LogP contribution in [0.5, 0.6) is 5.75 Å². The number of nitrogens with one attached hydrogen (secondary N) is 1. The van der Waals surface area contributed by atoms with Gasteiger partial charge in [-0.05, 0) is 35.2 Å². The Labute approximate surface area is 185 Å². The van der Waals surface area contributed by atoms with Gasteiger partial charge in [0.2, 0.25) is 0 Å². The summed E-state index contributed by atoms with van der Waals surface area (Å²) >= 11 is 0. The summed E-state index contributed by atoms with van der Waals surface area (Å²) in [5, 5.41) is 3.04. The van der Waals surface area contributed by atoms with E-state index < -0.39 is 6.36 Å². The number of hydrogen-bond donors (Lipinski definition) is 2. The second-order valence-corrected chi connectivity index (χ2v) is 6.07. The minimum Gasteiger partial charge on any atom is -0.406 e. The first-order valence-electron chi connectivity index (χ1n) is 8.90. The maximum atomic E-state index is 12.2. The van der Waals surface area contributed by atoms with Crippen LogP contribution < -0.4 is 15.8 Å². The molecule has 2 rings (SSSR count). The van der Waals surface area contributed by atoms with Crippen LogP contribution in [0.2, 0.25) is 0 Å². The smallest absolute Gasteiger partial charge is 0.406 e. The Morgan fingerprint density at radius 3 is 2.34 bits per heavy atom. The van der Waals surface area contributed by atoms with Gasteiger partial charge in [-0.25, -0.2) is 4.99 Å². The molecule has 0 aliphatic carbocycles. The molecule has 3 N–H and O–H groups in total. The lowest BCUT2D eigenvalue weighted by Crippen LogP contribution is -2.31. The van der Waals surface area contributed by atoms with Crippen LogP contribution in [0.25, 0.3) is 0 Å². The van der Waals surface area contributed by atoms with Gasteiger partial charge in [0.1, 0.15) is 5.75 Å². The molecule has 9 heteroatoms. The summed E-state index contributed by atoms with van der Waals surface area (Å²) in [6, 6.07) is 13.4. The van der Waals surface area contributed by atoms with Gasteiger partial charge >= 0.3 is 6.36 Å². The average Bonchev–Trinajstić information content (AvgIpc) is 2.65. The lowest BCUT2D eigenvalue weighted by molar-refractivity contribution is -0.274. The summed E-state index contributed by atoms with van der Waals surface area (Å²) in [5.74, 6) is -0.0203. The number of benzene rings is 2. The highest BCUT2D eigenvalue weighted by Gasteiger charge is 2.30. The van der Waals surface area contributed by atoms with Crippen LogP contribution in [0.15, 0.2) is 53.5 Å². The highest BCUT2D eigenvalue weighted by molar-refractivity contribution is 14.0. The van der Waals surface area contributed by atoms with Crippen molar-refractivity contribution < 1.29 is 22.6 Å². The maximum absolute atomic E-state index is 12.2. The minimum atomic E-state index is -4.70. The van der Waals surface area contributed by atoms with Gasteiger partial charge in [0.05, 0.1) is 13.2 Å². The predicted molar refractivity (Wildman–Crippen MR) is 117 cm³/mol. The van der Waals surface area contributed by atoms with Crippen LogP contribution in [-0.2, 0) is 24.4 Å². The summed E-state index contributed by atoms with van der Waals surface area (Å²) in [6.45, 7) is 4.04. The van der Waals surface area contributed by atoms with E-state index in [-0.39, 0.29) is 42.2 Å². The summed E-state index contributed by atoms with van der Waals surface area (Å²) < 4.78 is 45.9. The predicted octanol–water partition coefficient (Wildman–Crippen LogP) is 4.73. The zero-order valence-corrected chi connectivity index (χ0v) is 18.4. The number of nitrogens with zero attached hydrogens (tertiary/aromatic N) is 1. The van der Waals surface area contributed by atoms with Crippen LogP contribution in [0.1, 0.15) is 30.0 Å². The summed E-state index contributed by atoms with van der Waals surface area (Å²) in [7, 11) is 0. The molecule has 0 aliphatic rings. The molecule has 29 heavy (non-hydrogen) atoms. The molecule has 0 amide bonds. The molecule has 2 aromatic carbocycles. The van der Waals surface area contributed by atoms with Crippen LogP contribution in [0.4, 0.5) is 13.2 Å². The van der Waals surface area contributed by atoms with E-state index in [1.807, 2.05) is 24.3 Å². The Balaban J connectivity index is 0.00000420. The number of ether oxygens (including phenoxy) is 2. The van der Waals surface area contributed by atoms with E-state index in [1.165, 1.54) is 24.3 Å². The number of hydrogen-bond acceptors (Lipinski definition) is 3. The number of guanidine groups is 1. The van der Waals surface area contributed by atoms with Gasteiger partial charge in [0, 0.05) is 13.2 Å². The molecule has 160 valence electrons. The number of nitrogens with two attached hydrogens (primary N) is 1. The van der Waals surface area contributed by atoms with Crippen molar-refractivity contribution in [2.45, 2.75) is 39.4 Å². The Bertz CT molecular complexity index is 768. The first-order chi connectivity index (χ1) is 13.4. The molecule has 0 saturated carbocycles. The van der Waals surface area contributed by atoms with Crippen molar-refractivity contribution in [1.29, 1.82) is 0 Å². The van der Waals surface area contributed by atoms with Crippen LogP contribution in [-0.4, -0.2) is 18.9 Å². The third-order valence-corrected chi connectivity index (χ3v) is 3.77. The highest BCUT2D eigenvalue weighted by Crippen LogP contribution is 2.22. The molecule has 0 atom stereocenters. The summed E-state index contributed by atoms with van der Waals surface area (Å²) in [4.78, 5) is 4.21. The van der Waals surface area contributed by atoms with Gasteiger partial charge in [0.15, 0.2) is 5.96 Å². The fourth-order valence-corrected chi connectivity index (χ4v) is 2.41. The average molecular weight is 523 g/mol. The van der Waals surface area contributed by atoms with Gasteiger partial charge in [-0.1, -0.05) is 43.3 Å². The van der Waals surface area contributed by atoms with E-state index in [0.717, 1.165) is 17.5 Å². The third-order valence-electron chi connectivity index (χ3n) is 3.77. The van der Waals surface area contributed by atoms with Gasteiger partial charge in [-0.3, -0.25) is 0 Å². The van der Waals surface area contributed by atoms with Crippen molar-refractivity contribution in [2.75, 3.05) is 6.61 Å². The monoisotopic (exact) mass is 523 g/mol. The Kier molecular flexibility index (Phi) is 10.8. The lowest BCUT2D eigenvalue weighted by atomic mass is 10.1. The molecule has 0 bridgehead atoms. The fourth-order valence-electron chi connectivity index (χ4n) is 2.41. The SMILES string of the molecule is CCCOCc1ccccc1CNC(N)=NCc1ccc(OC(F)(F)F)cc1.I. The van der Waals surface area contributed by atoms with E-state index in [9.17, 15) is 13.2 Å². The Morgan fingerprint density at radius 1 is 1.07 bits per heavy atom. The quantitative estimate of drug-likeness (QED) is 0.216.